The first-order chi connectivity index (χ1) is 8.06. The van der Waals surface area contributed by atoms with E-state index in [1.807, 2.05) is 25.1 Å². The summed E-state index contributed by atoms with van der Waals surface area (Å²) in [5.74, 6) is 0.869. The van der Waals surface area contributed by atoms with Crippen LogP contribution in [0.15, 0.2) is 22.7 Å². The zero-order chi connectivity index (χ0) is 12.4. The second kappa shape index (κ2) is 5.21. The predicted molar refractivity (Wildman–Crippen MR) is 73.1 cm³/mol. The van der Waals surface area contributed by atoms with Crippen molar-refractivity contribution in [3.63, 3.8) is 0 Å². The van der Waals surface area contributed by atoms with E-state index in [0.29, 0.717) is 0 Å². The largest absolute Gasteiger partial charge is 0.350 e. The van der Waals surface area contributed by atoms with Crippen LogP contribution in [-0.2, 0) is 0 Å². The zero-order valence-corrected chi connectivity index (χ0v) is 11.9. The Labute approximate surface area is 111 Å². The lowest BCUT2D eigenvalue weighted by molar-refractivity contribution is 0.0937. The van der Waals surface area contributed by atoms with Crippen molar-refractivity contribution in [1.82, 2.24) is 5.32 Å². The molecule has 3 heteroatoms. The fourth-order valence-corrected chi connectivity index (χ4v) is 2.33. The Hall–Kier alpha value is -0.830. The fourth-order valence-electron chi connectivity index (χ4n) is 1.95. The van der Waals surface area contributed by atoms with Gasteiger partial charge in [-0.3, -0.25) is 4.79 Å². The van der Waals surface area contributed by atoms with Crippen molar-refractivity contribution in [1.29, 1.82) is 0 Å². The van der Waals surface area contributed by atoms with Gasteiger partial charge in [0.15, 0.2) is 0 Å². The van der Waals surface area contributed by atoms with Crippen LogP contribution < -0.4 is 5.32 Å². The van der Waals surface area contributed by atoms with E-state index in [2.05, 4.69) is 28.2 Å². The van der Waals surface area contributed by atoms with E-state index in [-0.39, 0.29) is 11.9 Å². The molecule has 2 nitrogen and oxygen atoms in total. The van der Waals surface area contributed by atoms with Gasteiger partial charge in [-0.15, -0.1) is 0 Å². The Morgan fingerprint density at radius 2 is 2.24 bits per heavy atom. The summed E-state index contributed by atoms with van der Waals surface area (Å²) in [7, 11) is 0. The van der Waals surface area contributed by atoms with Crippen LogP contribution in [0.3, 0.4) is 0 Å². The van der Waals surface area contributed by atoms with E-state index in [1.165, 1.54) is 12.8 Å². The van der Waals surface area contributed by atoms with E-state index in [1.54, 1.807) is 0 Å². The van der Waals surface area contributed by atoms with Crippen LogP contribution in [0.2, 0.25) is 0 Å². The number of rotatable bonds is 4. The Morgan fingerprint density at radius 3 is 2.82 bits per heavy atom. The number of hydrogen-bond acceptors (Lipinski definition) is 1. The predicted octanol–water partition coefficient (Wildman–Crippen LogP) is 3.68. The summed E-state index contributed by atoms with van der Waals surface area (Å²) in [6.45, 7) is 4.10. The molecule has 0 aliphatic heterocycles. The quantitative estimate of drug-likeness (QED) is 0.902. The summed E-state index contributed by atoms with van der Waals surface area (Å²) in [4.78, 5) is 12.0. The summed E-state index contributed by atoms with van der Waals surface area (Å²) in [6, 6.07) is 5.99. The van der Waals surface area contributed by atoms with Gasteiger partial charge in [-0.2, -0.15) is 0 Å². The van der Waals surface area contributed by atoms with E-state index in [9.17, 15) is 4.79 Å². The molecule has 1 atom stereocenters. The highest BCUT2D eigenvalue weighted by Crippen LogP contribution is 2.33. The molecule has 0 radical (unpaired) electrons. The molecular weight excluding hydrogens is 278 g/mol. The van der Waals surface area contributed by atoms with Crippen molar-refractivity contribution in [2.24, 2.45) is 5.92 Å². The van der Waals surface area contributed by atoms with Crippen molar-refractivity contribution in [3.05, 3.63) is 33.8 Å². The lowest BCUT2D eigenvalue weighted by Crippen LogP contribution is -2.32. The minimum atomic E-state index is 0.0267. The molecule has 1 saturated carbocycles. The zero-order valence-electron chi connectivity index (χ0n) is 10.3. The molecule has 1 aromatic carbocycles. The molecule has 0 spiro atoms. The van der Waals surface area contributed by atoms with Crippen LogP contribution >= 0.6 is 15.9 Å². The van der Waals surface area contributed by atoms with Crippen LogP contribution in [-0.4, -0.2) is 11.9 Å². The molecule has 0 saturated heterocycles. The smallest absolute Gasteiger partial charge is 0.251 e. The fraction of sp³-hybridized carbons (Fsp3) is 0.500. The van der Waals surface area contributed by atoms with Gasteiger partial charge in [-0.25, -0.2) is 0 Å². The highest BCUT2D eigenvalue weighted by molar-refractivity contribution is 9.10. The number of benzene rings is 1. The Morgan fingerprint density at radius 1 is 1.53 bits per heavy atom. The number of hydrogen-bond donors (Lipinski definition) is 1. The van der Waals surface area contributed by atoms with Gasteiger partial charge in [-0.05, 0) is 43.9 Å². The highest BCUT2D eigenvalue weighted by atomic mass is 79.9. The molecule has 92 valence electrons. The molecule has 1 amide bonds. The van der Waals surface area contributed by atoms with Gasteiger partial charge >= 0.3 is 0 Å². The molecule has 1 aliphatic rings. The number of carbonyl (C=O) groups is 1. The summed E-state index contributed by atoms with van der Waals surface area (Å²) in [6.07, 6.45) is 3.77. The minimum Gasteiger partial charge on any atom is -0.350 e. The van der Waals surface area contributed by atoms with Crippen molar-refractivity contribution >= 4 is 21.8 Å². The maximum absolute atomic E-state index is 12.0. The third-order valence-electron chi connectivity index (χ3n) is 3.20. The summed E-state index contributed by atoms with van der Waals surface area (Å²) in [5.41, 5.74) is 1.87. The lowest BCUT2D eigenvalue weighted by Gasteiger charge is -2.13. The van der Waals surface area contributed by atoms with Gasteiger partial charge in [0.05, 0.1) is 0 Å². The standard InChI is InChI=1S/C14H18BrNO/c1-9-3-6-12(8-13(9)15)14(17)16-10(2)7-11-4-5-11/h3,6,8,10-11H,4-5,7H2,1-2H3,(H,16,17). The van der Waals surface area contributed by atoms with Crippen LogP contribution in [0.25, 0.3) is 0 Å². The Balaban J connectivity index is 1.95. The van der Waals surface area contributed by atoms with Gasteiger partial charge in [0.1, 0.15) is 0 Å². The van der Waals surface area contributed by atoms with Crippen LogP contribution in [0.1, 0.15) is 42.1 Å². The van der Waals surface area contributed by atoms with Gasteiger partial charge in [0.25, 0.3) is 5.91 Å². The first-order valence-corrected chi connectivity index (χ1v) is 6.92. The third kappa shape index (κ3) is 3.56. The Bertz CT molecular complexity index is 426. The normalized spacial score (nSPS) is 16.6. The average Bonchev–Trinajstić information content (AvgIpc) is 3.05. The summed E-state index contributed by atoms with van der Waals surface area (Å²) >= 11 is 3.45. The molecule has 2 rings (SSSR count). The SMILES string of the molecule is Cc1ccc(C(=O)NC(C)CC2CC2)cc1Br. The summed E-state index contributed by atoms with van der Waals surface area (Å²) in [5, 5.41) is 3.05. The van der Waals surface area contributed by atoms with Gasteiger partial charge < -0.3 is 5.32 Å². The van der Waals surface area contributed by atoms with Crippen LogP contribution in [0.5, 0.6) is 0 Å². The van der Waals surface area contributed by atoms with E-state index in [4.69, 9.17) is 0 Å². The van der Waals surface area contributed by atoms with E-state index < -0.39 is 0 Å². The average molecular weight is 296 g/mol. The number of halogens is 1. The molecule has 0 bridgehead atoms. The highest BCUT2D eigenvalue weighted by Gasteiger charge is 2.24. The van der Waals surface area contributed by atoms with Gasteiger partial charge in [0.2, 0.25) is 0 Å². The Kier molecular flexibility index (Phi) is 3.87. The van der Waals surface area contributed by atoms with E-state index in [0.717, 1.165) is 27.9 Å². The molecule has 1 fully saturated rings. The van der Waals surface area contributed by atoms with Crippen molar-refractivity contribution in [2.45, 2.75) is 39.2 Å². The maximum atomic E-state index is 12.0. The van der Waals surface area contributed by atoms with E-state index >= 15 is 0 Å². The first-order valence-electron chi connectivity index (χ1n) is 6.13. The van der Waals surface area contributed by atoms with Crippen LogP contribution in [0.4, 0.5) is 0 Å². The van der Waals surface area contributed by atoms with Gasteiger partial charge in [0, 0.05) is 16.1 Å². The number of aryl methyl sites for hydroxylation is 1. The molecule has 1 N–H and O–H groups in total. The molecule has 0 heterocycles. The molecular formula is C14H18BrNO. The number of amides is 1. The topological polar surface area (TPSA) is 29.1 Å². The van der Waals surface area contributed by atoms with Gasteiger partial charge in [-0.1, -0.05) is 34.8 Å². The van der Waals surface area contributed by atoms with Crippen molar-refractivity contribution in [2.75, 3.05) is 0 Å². The van der Waals surface area contributed by atoms with Crippen molar-refractivity contribution in [3.8, 4) is 0 Å². The second-order valence-corrected chi connectivity index (χ2v) is 5.87. The number of nitrogens with one attached hydrogen (secondary N) is 1. The minimum absolute atomic E-state index is 0.0267. The monoisotopic (exact) mass is 295 g/mol. The third-order valence-corrected chi connectivity index (χ3v) is 4.05. The number of carbonyl (C=O) groups excluding carboxylic acids is 1. The molecule has 1 unspecified atom stereocenters. The molecule has 1 aromatic rings. The molecule has 0 aromatic heterocycles. The first kappa shape index (κ1) is 12.6. The van der Waals surface area contributed by atoms with Crippen LogP contribution in [0, 0.1) is 12.8 Å². The lowest BCUT2D eigenvalue weighted by atomic mass is 10.1. The molecule has 1 aliphatic carbocycles. The summed E-state index contributed by atoms with van der Waals surface area (Å²) < 4.78 is 0.986. The maximum Gasteiger partial charge on any atom is 0.251 e. The second-order valence-electron chi connectivity index (χ2n) is 5.02. The van der Waals surface area contributed by atoms with Crippen molar-refractivity contribution < 1.29 is 4.79 Å². The molecule has 17 heavy (non-hydrogen) atoms.